The van der Waals surface area contributed by atoms with Crippen LogP contribution >= 0.6 is 15.9 Å². The first-order chi connectivity index (χ1) is 6.50. The molecule has 0 saturated heterocycles. The van der Waals surface area contributed by atoms with E-state index >= 15 is 0 Å². The lowest BCUT2D eigenvalue weighted by Gasteiger charge is -1.99. The second-order valence-electron chi connectivity index (χ2n) is 2.46. The van der Waals surface area contributed by atoms with E-state index in [1.165, 1.54) is 6.07 Å². The van der Waals surface area contributed by atoms with Gasteiger partial charge in [-0.25, -0.2) is 13.6 Å². The van der Waals surface area contributed by atoms with E-state index in [1.807, 2.05) is 0 Å². The predicted octanol–water partition coefficient (Wildman–Crippen LogP) is 2.83. The van der Waals surface area contributed by atoms with E-state index in [1.54, 1.807) is 0 Å². The van der Waals surface area contributed by atoms with Gasteiger partial charge in [-0.1, -0.05) is 15.9 Å². The van der Waals surface area contributed by atoms with Crippen molar-refractivity contribution >= 4 is 28.0 Å². The summed E-state index contributed by atoms with van der Waals surface area (Å²) in [7, 11) is 0. The molecule has 0 bridgehead atoms. The minimum Gasteiger partial charge on any atom is -0.478 e. The fourth-order valence-electron chi connectivity index (χ4n) is 0.858. The van der Waals surface area contributed by atoms with E-state index in [4.69, 9.17) is 5.11 Å². The van der Waals surface area contributed by atoms with Crippen molar-refractivity contribution in [1.82, 2.24) is 0 Å². The summed E-state index contributed by atoms with van der Waals surface area (Å²) in [5, 5.41) is 8.29. The Balaban J connectivity index is 3.14. The molecule has 74 valence electrons. The van der Waals surface area contributed by atoms with Crippen LogP contribution in [0.5, 0.6) is 0 Å². The highest BCUT2D eigenvalue weighted by Gasteiger charge is 2.07. The van der Waals surface area contributed by atoms with E-state index in [9.17, 15) is 13.6 Å². The zero-order chi connectivity index (χ0) is 10.7. The maximum atomic E-state index is 13.0. The molecule has 0 amide bonds. The summed E-state index contributed by atoms with van der Waals surface area (Å²) in [5.74, 6) is -3.31. The van der Waals surface area contributed by atoms with Crippen molar-refractivity contribution in [1.29, 1.82) is 0 Å². The normalized spacial score (nSPS) is 10.8. The van der Waals surface area contributed by atoms with Crippen molar-refractivity contribution in [3.8, 4) is 0 Å². The Morgan fingerprint density at radius 2 is 2.07 bits per heavy atom. The fourth-order valence-corrected chi connectivity index (χ4v) is 1.31. The summed E-state index contributed by atoms with van der Waals surface area (Å²) in [6.45, 7) is 0. The lowest BCUT2D eigenvalue weighted by molar-refractivity contribution is -0.131. The van der Waals surface area contributed by atoms with E-state index in [0.29, 0.717) is 4.47 Å². The Bertz CT molecular complexity index is 402. The molecule has 1 N–H and O–H groups in total. The number of halogens is 3. The largest absolute Gasteiger partial charge is 0.478 e. The molecule has 1 rings (SSSR count). The maximum Gasteiger partial charge on any atom is 0.328 e. The van der Waals surface area contributed by atoms with Crippen LogP contribution in [0.3, 0.4) is 0 Å². The minimum absolute atomic E-state index is 0.112. The molecule has 0 spiro atoms. The fraction of sp³-hybridized carbons (Fsp3) is 0. The van der Waals surface area contributed by atoms with Crippen molar-refractivity contribution in [2.24, 2.45) is 0 Å². The molecule has 0 fully saturated rings. The first kappa shape index (κ1) is 10.8. The number of hydrogen-bond donors (Lipinski definition) is 1. The van der Waals surface area contributed by atoms with Crippen LogP contribution in [0.15, 0.2) is 22.7 Å². The summed E-state index contributed by atoms with van der Waals surface area (Å²) in [4.78, 5) is 10.1. The summed E-state index contributed by atoms with van der Waals surface area (Å²) in [6, 6.07) is 2.26. The highest BCUT2D eigenvalue weighted by atomic mass is 79.9. The maximum absolute atomic E-state index is 13.0. The van der Waals surface area contributed by atoms with Gasteiger partial charge in [-0.05, 0) is 18.2 Å². The predicted molar refractivity (Wildman–Crippen MR) is 50.7 cm³/mol. The molecular weight excluding hydrogens is 258 g/mol. The van der Waals surface area contributed by atoms with Crippen molar-refractivity contribution in [2.45, 2.75) is 0 Å². The molecule has 0 aromatic heterocycles. The molecule has 0 unspecified atom stereocenters. The zero-order valence-electron chi connectivity index (χ0n) is 6.80. The third kappa shape index (κ3) is 2.63. The van der Waals surface area contributed by atoms with Gasteiger partial charge in [-0.15, -0.1) is 0 Å². The van der Waals surface area contributed by atoms with Gasteiger partial charge in [-0.2, -0.15) is 0 Å². The van der Waals surface area contributed by atoms with Gasteiger partial charge in [0.1, 0.15) is 0 Å². The van der Waals surface area contributed by atoms with Crippen molar-refractivity contribution in [3.63, 3.8) is 0 Å². The standard InChI is InChI=1S/C9H5BrF2O2/c10-6-3-5(1-2-8(13)14)9(12)7(11)4-6/h1-4H,(H,13,14)/b2-1+. The summed E-state index contributed by atoms with van der Waals surface area (Å²) < 4.78 is 26.1. The number of carboxylic acids is 1. The number of carboxylic acid groups (broad SMARTS) is 1. The number of aliphatic carboxylic acids is 1. The van der Waals surface area contributed by atoms with E-state index in [0.717, 1.165) is 18.2 Å². The van der Waals surface area contributed by atoms with Crippen LogP contribution in [0.1, 0.15) is 5.56 Å². The number of carbonyl (C=O) groups is 1. The second-order valence-corrected chi connectivity index (χ2v) is 3.38. The highest BCUT2D eigenvalue weighted by Crippen LogP contribution is 2.20. The zero-order valence-corrected chi connectivity index (χ0v) is 8.38. The van der Waals surface area contributed by atoms with Crippen molar-refractivity contribution in [2.75, 3.05) is 0 Å². The molecule has 0 saturated carbocycles. The molecule has 0 aliphatic heterocycles. The second kappa shape index (κ2) is 4.32. The molecular formula is C9H5BrF2O2. The molecule has 1 aromatic carbocycles. The van der Waals surface area contributed by atoms with Gasteiger partial charge in [0.15, 0.2) is 11.6 Å². The first-order valence-corrected chi connectivity index (χ1v) is 4.35. The van der Waals surface area contributed by atoms with Gasteiger partial charge in [0.2, 0.25) is 0 Å². The monoisotopic (exact) mass is 262 g/mol. The summed E-state index contributed by atoms with van der Waals surface area (Å²) in [5.41, 5.74) is -0.112. The molecule has 0 atom stereocenters. The Morgan fingerprint density at radius 1 is 1.43 bits per heavy atom. The van der Waals surface area contributed by atoms with Crippen LogP contribution in [0.4, 0.5) is 8.78 Å². The quantitative estimate of drug-likeness (QED) is 0.658. The molecule has 5 heteroatoms. The van der Waals surface area contributed by atoms with E-state index in [2.05, 4.69) is 15.9 Å². The third-order valence-electron chi connectivity index (χ3n) is 1.43. The Morgan fingerprint density at radius 3 is 2.64 bits per heavy atom. The lowest BCUT2D eigenvalue weighted by atomic mass is 10.2. The molecule has 0 aliphatic carbocycles. The van der Waals surface area contributed by atoms with Crippen LogP contribution in [-0.2, 0) is 4.79 Å². The Labute approximate surface area is 87.0 Å². The molecule has 1 aromatic rings. The molecule has 14 heavy (non-hydrogen) atoms. The smallest absolute Gasteiger partial charge is 0.328 e. The van der Waals surface area contributed by atoms with Crippen LogP contribution < -0.4 is 0 Å². The van der Waals surface area contributed by atoms with E-state index in [-0.39, 0.29) is 5.56 Å². The third-order valence-corrected chi connectivity index (χ3v) is 1.88. The van der Waals surface area contributed by atoms with Crippen LogP contribution in [0, 0.1) is 11.6 Å². The number of rotatable bonds is 2. The van der Waals surface area contributed by atoms with Crippen molar-refractivity contribution in [3.05, 3.63) is 39.9 Å². The minimum atomic E-state index is -1.22. The van der Waals surface area contributed by atoms with Crippen LogP contribution in [0.2, 0.25) is 0 Å². The molecule has 0 heterocycles. The van der Waals surface area contributed by atoms with Gasteiger partial charge in [0.25, 0.3) is 0 Å². The average molecular weight is 263 g/mol. The van der Waals surface area contributed by atoms with E-state index < -0.39 is 17.6 Å². The summed E-state index contributed by atoms with van der Waals surface area (Å²) >= 11 is 2.97. The van der Waals surface area contributed by atoms with Gasteiger partial charge >= 0.3 is 5.97 Å². The SMILES string of the molecule is O=C(O)/C=C/c1cc(Br)cc(F)c1F. The molecule has 2 nitrogen and oxygen atoms in total. The van der Waals surface area contributed by atoms with Crippen molar-refractivity contribution < 1.29 is 18.7 Å². The molecule has 0 radical (unpaired) electrons. The summed E-state index contributed by atoms with van der Waals surface area (Å²) in [6.07, 6.45) is 1.73. The lowest BCUT2D eigenvalue weighted by Crippen LogP contribution is -1.91. The van der Waals surface area contributed by atoms with Crippen LogP contribution in [0.25, 0.3) is 6.08 Å². The number of benzene rings is 1. The first-order valence-electron chi connectivity index (χ1n) is 3.56. The Hall–Kier alpha value is -1.23. The Kier molecular flexibility index (Phi) is 3.35. The molecule has 0 aliphatic rings. The van der Waals surface area contributed by atoms with Gasteiger partial charge in [0.05, 0.1) is 0 Å². The van der Waals surface area contributed by atoms with Gasteiger partial charge in [-0.3, -0.25) is 0 Å². The van der Waals surface area contributed by atoms with Gasteiger partial charge in [0, 0.05) is 16.1 Å². The average Bonchev–Trinajstić information content (AvgIpc) is 2.08. The topological polar surface area (TPSA) is 37.3 Å². The van der Waals surface area contributed by atoms with Crippen LogP contribution in [-0.4, -0.2) is 11.1 Å². The highest BCUT2D eigenvalue weighted by molar-refractivity contribution is 9.10. The van der Waals surface area contributed by atoms with Gasteiger partial charge < -0.3 is 5.11 Å². The number of hydrogen-bond acceptors (Lipinski definition) is 1.